The lowest BCUT2D eigenvalue weighted by molar-refractivity contribution is -0.344. The summed E-state index contributed by atoms with van der Waals surface area (Å²) in [5.41, 5.74) is 8.31. The number of rotatable bonds is 10. The number of esters is 2. The third-order valence-electron chi connectivity index (χ3n) is 5.22. The van der Waals surface area contributed by atoms with E-state index in [4.69, 9.17) is 23.7 Å². The van der Waals surface area contributed by atoms with Crippen molar-refractivity contribution in [3.63, 3.8) is 0 Å². The van der Waals surface area contributed by atoms with Gasteiger partial charge in [-0.05, 0) is 21.8 Å². The first-order chi connectivity index (χ1) is 16.8. The summed E-state index contributed by atoms with van der Waals surface area (Å²) in [5, 5.41) is 14.9. The number of hydrogen-bond donors (Lipinski definition) is 1. The van der Waals surface area contributed by atoms with Crippen molar-refractivity contribution < 1.29 is 38.4 Å². The molecule has 11 nitrogen and oxygen atoms in total. The largest absolute Gasteiger partial charge is 0.463 e. The number of carbonyl (C=O) groups excluding carboxylic acids is 2. The maximum absolute atomic E-state index is 11.7. The number of benzene rings is 2. The molecule has 186 valence electrons. The quantitative estimate of drug-likeness (QED) is 0.234. The summed E-state index contributed by atoms with van der Waals surface area (Å²) >= 11 is 0. The van der Waals surface area contributed by atoms with Crippen LogP contribution in [0.3, 0.4) is 0 Å². The van der Waals surface area contributed by atoms with Crippen LogP contribution in [0, 0.1) is 0 Å². The number of azide groups is 1. The number of hydrogen-bond acceptors (Lipinski definition) is 9. The highest BCUT2D eigenvalue weighted by atomic mass is 16.7. The van der Waals surface area contributed by atoms with Gasteiger partial charge in [-0.15, -0.1) is 0 Å². The molecule has 1 aliphatic rings. The zero-order valence-electron chi connectivity index (χ0n) is 19.4. The average molecular weight is 485 g/mol. The van der Waals surface area contributed by atoms with Crippen LogP contribution in [0.1, 0.15) is 25.0 Å². The van der Waals surface area contributed by atoms with E-state index in [-0.39, 0.29) is 19.8 Å². The maximum atomic E-state index is 11.7. The van der Waals surface area contributed by atoms with Crippen molar-refractivity contribution in [3.8, 4) is 0 Å². The number of nitrogens with zero attached hydrogens (tertiary/aromatic N) is 3. The maximum Gasteiger partial charge on any atom is 0.305 e. The summed E-state index contributed by atoms with van der Waals surface area (Å²) in [7, 11) is 0. The van der Waals surface area contributed by atoms with Gasteiger partial charge in [-0.1, -0.05) is 60.7 Å². The molecule has 1 saturated heterocycles. The molecule has 3 rings (SSSR count). The topological polar surface area (TPSA) is 149 Å². The predicted molar refractivity (Wildman–Crippen MR) is 121 cm³/mol. The van der Waals surface area contributed by atoms with Crippen LogP contribution >= 0.6 is 0 Å². The van der Waals surface area contributed by atoms with E-state index in [0.29, 0.717) is 0 Å². The molecular weight excluding hydrogens is 458 g/mol. The standard InChI is InChI=1S/C24H27N3O8/c1-16(28)31-15-20-21(32-13-18-9-5-3-6-10-18)22(33-14-19-11-7-4-8-12-19)24(30,26-27-25)23(35-20)34-17(2)29/h3-12,20-23,30H,13-15H2,1-2H3/t20-,21-,22+,23?,24-/m1/s1. The molecule has 0 bridgehead atoms. The zero-order valence-corrected chi connectivity index (χ0v) is 19.4. The first-order valence-electron chi connectivity index (χ1n) is 10.9. The Morgan fingerprint density at radius 3 is 2.09 bits per heavy atom. The van der Waals surface area contributed by atoms with Crippen molar-refractivity contribution in [2.75, 3.05) is 6.61 Å². The third-order valence-corrected chi connectivity index (χ3v) is 5.22. The second-order valence-corrected chi connectivity index (χ2v) is 7.87. The lowest BCUT2D eigenvalue weighted by atomic mass is 9.93. The van der Waals surface area contributed by atoms with Crippen molar-refractivity contribution >= 4 is 11.9 Å². The molecule has 1 heterocycles. The Hall–Kier alpha value is -3.47. The Balaban J connectivity index is 1.98. The monoisotopic (exact) mass is 485 g/mol. The number of aliphatic hydroxyl groups is 1. The van der Waals surface area contributed by atoms with Crippen LogP contribution in [0.15, 0.2) is 65.8 Å². The van der Waals surface area contributed by atoms with Crippen LogP contribution in [0.4, 0.5) is 0 Å². The van der Waals surface area contributed by atoms with Crippen molar-refractivity contribution in [2.45, 2.75) is 57.4 Å². The minimum absolute atomic E-state index is 0.00698. The molecule has 0 saturated carbocycles. The lowest BCUT2D eigenvalue weighted by Gasteiger charge is -2.48. The molecule has 1 fully saturated rings. The molecule has 0 spiro atoms. The van der Waals surface area contributed by atoms with Crippen LogP contribution in [-0.4, -0.2) is 54.0 Å². The minimum atomic E-state index is -2.48. The molecule has 0 aromatic heterocycles. The molecule has 1 N–H and O–H groups in total. The van der Waals surface area contributed by atoms with Crippen molar-refractivity contribution in [3.05, 3.63) is 82.2 Å². The van der Waals surface area contributed by atoms with Crippen LogP contribution < -0.4 is 0 Å². The molecule has 2 aromatic carbocycles. The molecule has 0 radical (unpaired) electrons. The van der Waals surface area contributed by atoms with Crippen molar-refractivity contribution in [1.29, 1.82) is 0 Å². The fourth-order valence-corrected chi connectivity index (χ4v) is 3.62. The van der Waals surface area contributed by atoms with Crippen molar-refractivity contribution in [2.24, 2.45) is 5.11 Å². The van der Waals surface area contributed by atoms with Crippen LogP contribution in [0.5, 0.6) is 0 Å². The summed E-state index contributed by atoms with van der Waals surface area (Å²) in [6.07, 6.45) is -5.21. The van der Waals surface area contributed by atoms with Gasteiger partial charge in [-0.25, -0.2) is 0 Å². The van der Waals surface area contributed by atoms with E-state index in [1.165, 1.54) is 6.92 Å². The summed E-state index contributed by atoms with van der Waals surface area (Å²) in [6, 6.07) is 18.3. The van der Waals surface area contributed by atoms with Gasteiger partial charge in [0.15, 0.2) is 0 Å². The second-order valence-electron chi connectivity index (χ2n) is 7.87. The van der Waals surface area contributed by atoms with E-state index in [2.05, 4.69) is 10.0 Å². The molecule has 5 atom stereocenters. The van der Waals surface area contributed by atoms with E-state index in [1.807, 2.05) is 60.7 Å². The zero-order chi connectivity index (χ0) is 25.3. The van der Waals surface area contributed by atoms with E-state index in [9.17, 15) is 20.2 Å². The van der Waals surface area contributed by atoms with Crippen LogP contribution in [-0.2, 0) is 46.5 Å². The number of ether oxygens (including phenoxy) is 5. The summed E-state index contributed by atoms with van der Waals surface area (Å²) in [6.45, 7) is 2.14. The van der Waals surface area contributed by atoms with Crippen LogP contribution in [0.25, 0.3) is 10.4 Å². The lowest BCUT2D eigenvalue weighted by Crippen LogP contribution is -2.67. The Kier molecular flexibility index (Phi) is 9.18. The Labute approximate surface area is 202 Å². The van der Waals surface area contributed by atoms with Gasteiger partial charge >= 0.3 is 11.9 Å². The SMILES string of the molecule is CC(=O)OC[C@H]1OC(OC(C)=O)[C@@](O)(N=[N+]=[N-])[C@@H](OCc2ccccc2)[C@@H]1OCc1ccccc1. The Morgan fingerprint density at radius 1 is 1.00 bits per heavy atom. The minimum Gasteiger partial charge on any atom is -0.463 e. The molecular formula is C24H27N3O8. The van der Waals surface area contributed by atoms with E-state index < -0.39 is 42.3 Å². The third kappa shape index (κ3) is 7.01. The summed E-state index contributed by atoms with van der Waals surface area (Å²) in [4.78, 5) is 26.0. The molecule has 1 unspecified atom stereocenters. The first-order valence-corrected chi connectivity index (χ1v) is 10.9. The smallest absolute Gasteiger partial charge is 0.305 e. The van der Waals surface area contributed by atoms with Crippen LogP contribution in [0.2, 0.25) is 0 Å². The van der Waals surface area contributed by atoms with Gasteiger partial charge in [0.25, 0.3) is 0 Å². The Bertz CT molecular complexity index is 1030. The van der Waals surface area contributed by atoms with E-state index in [0.717, 1.165) is 18.1 Å². The molecule has 1 aliphatic heterocycles. The summed E-state index contributed by atoms with van der Waals surface area (Å²) in [5.74, 6) is -1.37. The van der Waals surface area contributed by atoms with Gasteiger partial charge in [-0.2, -0.15) is 0 Å². The van der Waals surface area contributed by atoms with Gasteiger partial charge in [0.05, 0.1) is 13.2 Å². The van der Waals surface area contributed by atoms with Gasteiger partial charge in [-0.3, -0.25) is 9.59 Å². The van der Waals surface area contributed by atoms with E-state index in [1.54, 1.807) is 0 Å². The Morgan fingerprint density at radius 2 is 1.57 bits per heavy atom. The fourth-order valence-electron chi connectivity index (χ4n) is 3.62. The summed E-state index contributed by atoms with van der Waals surface area (Å²) < 4.78 is 28.1. The second kappa shape index (κ2) is 12.3. The fraction of sp³-hybridized carbons (Fsp3) is 0.417. The van der Waals surface area contributed by atoms with Gasteiger partial charge in [0.1, 0.15) is 24.9 Å². The molecule has 11 heteroatoms. The van der Waals surface area contributed by atoms with E-state index >= 15 is 0 Å². The van der Waals surface area contributed by atoms with Crippen molar-refractivity contribution in [1.82, 2.24) is 0 Å². The van der Waals surface area contributed by atoms with Gasteiger partial charge in [0, 0.05) is 18.8 Å². The normalized spacial score (nSPS) is 25.8. The highest BCUT2D eigenvalue weighted by Gasteiger charge is 2.59. The average Bonchev–Trinajstić information content (AvgIpc) is 2.83. The van der Waals surface area contributed by atoms with Gasteiger partial charge < -0.3 is 28.8 Å². The number of carbonyl (C=O) groups is 2. The molecule has 0 amide bonds. The molecule has 2 aromatic rings. The molecule has 0 aliphatic carbocycles. The predicted octanol–water partition coefficient (Wildman–Crippen LogP) is 3.01. The van der Waals surface area contributed by atoms with Gasteiger partial charge in [0.2, 0.25) is 12.0 Å². The molecule has 35 heavy (non-hydrogen) atoms. The first kappa shape index (κ1) is 26.1. The highest BCUT2D eigenvalue weighted by Crippen LogP contribution is 2.37. The highest BCUT2D eigenvalue weighted by molar-refractivity contribution is 5.66.